The average molecular weight is 184 g/mol. The molecule has 12 heavy (non-hydrogen) atoms. The fraction of sp³-hybridized carbons (Fsp3) is 0.700. The molecule has 0 aromatic carbocycles. The van der Waals surface area contributed by atoms with Crippen molar-refractivity contribution >= 4 is 17.5 Å². The molecule has 0 atom stereocenters. The normalized spacial score (nSPS) is 19.2. The van der Waals surface area contributed by atoms with Gasteiger partial charge in [0.05, 0.1) is 0 Å². The number of thioether (sulfide) groups is 1. The number of ketones is 1. The van der Waals surface area contributed by atoms with Crippen molar-refractivity contribution in [1.82, 2.24) is 0 Å². The molecule has 1 aliphatic carbocycles. The van der Waals surface area contributed by atoms with Crippen molar-refractivity contribution < 1.29 is 4.79 Å². The first-order chi connectivity index (χ1) is 5.46. The largest absolute Gasteiger partial charge is 0.294 e. The molecule has 0 N–H and O–H groups in total. The molecule has 2 heteroatoms. The Hall–Kier alpha value is -0.240. The quantitative estimate of drug-likeness (QED) is 0.623. The van der Waals surface area contributed by atoms with E-state index in [2.05, 4.69) is 20.8 Å². The summed E-state index contributed by atoms with van der Waals surface area (Å²) in [7, 11) is 0. The highest BCUT2D eigenvalue weighted by Crippen LogP contribution is 2.40. The molecule has 1 rings (SSSR count). The van der Waals surface area contributed by atoms with Crippen LogP contribution < -0.4 is 0 Å². The summed E-state index contributed by atoms with van der Waals surface area (Å²) in [6.07, 6.45) is 3.69. The summed E-state index contributed by atoms with van der Waals surface area (Å²) in [5.41, 5.74) is 1.52. The molecule has 0 radical (unpaired) electrons. The molecule has 0 amide bonds. The van der Waals surface area contributed by atoms with Crippen LogP contribution in [0.5, 0.6) is 0 Å². The topological polar surface area (TPSA) is 17.1 Å². The van der Waals surface area contributed by atoms with Gasteiger partial charge in [-0.3, -0.25) is 4.79 Å². The Morgan fingerprint density at radius 1 is 1.25 bits per heavy atom. The van der Waals surface area contributed by atoms with E-state index in [1.807, 2.05) is 6.26 Å². The minimum Gasteiger partial charge on any atom is -0.294 e. The van der Waals surface area contributed by atoms with Crippen LogP contribution in [0.1, 0.15) is 33.6 Å². The first-order valence-electron chi connectivity index (χ1n) is 4.27. The molecule has 0 aliphatic heterocycles. The molecule has 0 spiro atoms. The number of allylic oxidation sites excluding steroid dienone is 2. The molecule has 0 fully saturated rings. The van der Waals surface area contributed by atoms with E-state index in [0.29, 0.717) is 5.78 Å². The molecule has 0 aromatic heterocycles. The van der Waals surface area contributed by atoms with Gasteiger partial charge in [-0.25, -0.2) is 0 Å². The van der Waals surface area contributed by atoms with Crippen molar-refractivity contribution in [3.8, 4) is 0 Å². The molecule has 0 heterocycles. The molecule has 0 saturated carbocycles. The Balaban J connectivity index is 3.01. The summed E-state index contributed by atoms with van der Waals surface area (Å²) >= 11 is 1.61. The highest BCUT2D eigenvalue weighted by atomic mass is 32.2. The minimum atomic E-state index is 0.171. The average Bonchev–Trinajstić information content (AvgIpc) is 2.29. The van der Waals surface area contributed by atoms with Crippen LogP contribution in [0.4, 0.5) is 0 Å². The van der Waals surface area contributed by atoms with Gasteiger partial charge < -0.3 is 0 Å². The lowest BCUT2D eigenvalue weighted by Crippen LogP contribution is -2.08. The Bertz CT molecular complexity index is 233. The highest BCUT2D eigenvalue weighted by molar-refractivity contribution is 8.03. The van der Waals surface area contributed by atoms with E-state index in [1.54, 1.807) is 11.8 Å². The van der Waals surface area contributed by atoms with Crippen LogP contribution in [-0.2, 0) is 4.79 Å². The van der Waals surface area contributed by atoms with Crippen molar-refractivity contribution in [2.24, 2.45) is 5.41 Å². The van der Waals surface area contributed by atoms with Gasteiger partial charge in [0.1, 0.15) is 0 Å². The van der Waals surface area contributed by atoms with Crippen LogP contribution in [0.3, 0.4) is 0 Å². The fourth-order valence-corrected chi connectivity index (χ4v) is 2.57. The van der Waals surface area contributed by atoms with Gasteiger partial charge in [-0.05, 0) is 23.7 Å². The molecule has 0 unspecified atom stereocenters. The third-order valence-corrected chi connectivity index (χ3v) is 3.12. The summed E-state index contributed by atoms with van der Waals surface area (Å²) in [6.45, 7) is 6.53. The Morgan fingerprint density at radius 2 is 1.83 bits per heavy atom. The summed E-state index contributed by atoms with van der Waals surface area (Å²) in [6, 6.07) is 0. The van der Waals surface area contributed by atoms with Crippen LogP contribution >= 0.6 is 11.8 Å². The number of carbonyl (C=O) groups is 1. The molecular weight excluding hydrogens is 168 g/mol. The number of rotatable bonds is 1. The molecule has 0 bridgehead atoms. The zero-order chi connectivity index (χ0) is 9.35. The van der Waals surface area contributed by atoms with Crippen molar-refractivity contribution in [1.29, 1.82) is 0 Å². The Labute approximate surface area is 78.6 Å². The fourth-order valence-electron chi connectivity index (χ4n) is 1.59. The second kappa shape index (κ2) is 3.25. The smallest absolute Gasteiger partial charge is 0.169 e. The molecular formula is C10H16OS. The van der Waals surface area contributed by atoms with E-state index >= 15 is 0 Å². The first kappa shape index (κ1) is 9.85. The third kappa shape index (κ3) is 1.74. The van der Waals surface area contributed by atoms with E-state index < -0.39 is 0 Å². The molecule has 68 valence electrons. The van der Waals surface area contributed by atoms with Crippen molar-refractivity contribution in [2.45, 2.75) is 33.6 Å². The van der Waals surface area contributed by atoms with Crippen LogP contribution in [0.15, 0.2) is 10.5 Å². The van der Waals surface area contributed by atoms with Gasteiger partial charge in [-0.2, -0.15) is 0 Å². The van der Waals surface area contributed by atoms with Crippen LogP contribution in [0.25, 0.3) is 0 Å². The van der Waals surface area contributed by atoms with E-state index in [0.717, 1.165) is 17.7 Å². The van der Waals surface area contributed by atoms with Gasteiger partial charge in [0.2, 0.25) is 0 Å². The first-order valence-corrected chi connectivity index (χ1v) is 5.50. The summed E-state index contributed by atoms with van der Waals surface area (Å²) in [4.78, 5) is 12.4. The maximum Gasteiger partial charge on any atom is 0.169 e. The summed E-state index contributed by atoms with van der Waals surface area (Å²) in [5, 5.41) is 0. The SMILES string of the molecule is CSC1=C(C(C)(C)C)CCC1=O. The molecule has 1 aliphatic rings. The lowest BCUT2D eigenvalue weighted by atomic mass is 9.86. The van der Waals surface area contributed by atoms with Gasteiger partial charge >= 0.3 is 0 Å². The van der Waals surface area contributed by atoms with Gasteiger partial charge in [0.15, 0.2) is 5.78 Å². The van der Waals surface area contributed by atoms with Crippen LogP contribution in [0.2, 0.25) is 0 Å². The van der Waals surface area contributed by atoms with Crippen LogP contribution in [-0.4, -0.2) is 12.0 Å². The number of hydrogen-bond donors (Lipinski definition) is 0. The molecule has 0 saturated heterocycles. The van der Waals surface area contributed by atoms with Gasteiger partial charge in [0.25, 0.3) is 0 Å². The lowest BCUT2D eigenvalue weighted by molar-refractivity contribution is -0.114. The van der Waals surface area contributed by atoms with Gasteiger partial charge in [0, 0.05) is 11.3 Å². The van der Waals surface area contributed by atoms with Crippen LogP contribution in [0, 0.1) is 5.41 Å². The summed E-state index contributed by atoms with van der Waals surface area (Å²) < 4.78 is 0. The van der Waals surface area contributed by atoms with E-state index in [1.165, 1.54) is 5.57 Å². The molecule has 1 nitrogen and oxygen atoms in total. The zero-order valence-corrected chi connectivity index (χ0v) is 9.05. The Morgan fingerprint density at radius 3 is 2.17 bits per heavy atom. The highest BCUT2D eigenvalue weighted by Gasteiger charge is 2.29. The monoisotopic (exact) mass is 184 g/mol. The van der Waals surface area contributed by atoms with E-state index in [4.69, 9.17) is 0 Å². The minimum absolute atomic E-state index is 0.171. The van der Waals surface area contributed by atoms with Gasteiger partial charge in [-0.1, -0.05) is 20.8 Å². The lowest BCUT2D eigenvalue weighted by Gasteiger charge is -2.21. The number of hydrogen-bond acceptors (Lipinski definition) is 2. The number of carbonyl (C=O) groups excluding carboxylic acids is 1. The summed E-state index contributed by atoms with van der Waals surface area (Å²) in [5.74, 6) is 0.340. The van der Waals surface area contributed by atoms with Crippen molar-refractivity contribution in [2.75, 3.05) is 6.26 Å². The standard InChI is InChI=1S/C10H16OS/c1-10(2,3)7-5-6-8(11)9(7)12-4/h5-6H2,1-4H3. The maximum atomic E-state index is 11.4. The molecule has 0 aromatic rings. The zero-order valence-electron chi connectivity index (χ0n) is 8.23. The van der Waals surface area contributed by atoms with E-state index in [-0.39, 0.29) is 5.41 Å². The van der Waals surface area contributed by atoms with Crippen molar-refractivity contribution in [3.05, 3.63) is 10.5 Å². The Kier molecular flexibility index (Phi) is 2.67. The van der Waals surface area contributed by atoms with Gasteiger partial charge in [-0.15, -0.1) is 11.8 Å². The second-order valence-electron chi connectivity index (χ2n) is 4.18. The second-order valence-corrected chi connectivity index (χ2v) is 5.00. The maximum absolute atomic E-state index is 11.4. The van der Waals surface area contributed by atoms with Crippen molar-refractivity contribution in [3.63, 3.8) is 0 Å². The van der Waals surface area contributed by atoms with E-state index in [9.17, 15) is 4.79 Å². The number of Topliss-reactive ketones (excluding diaryl/α,β-unsaturated/α-hetero) is 1. The predicted octanol–water partition coefficient (Wildman–Crippen LogP) is 3.01. The predicted molar refractivity (Wildman–Crippen MR) is 54.2 cm³/mol. The third-order valence-electron chi connectivity index (χ3n) is 2.24.